The Bertz CT molecular complexity index is 410. The van der Waals surface area contributed by atoms with Crippen LogP contribution in [0.25, 0.3) is 0 Å². The molecule has 0 aromatic carbocycles. The molecule has 0 saturated carbocycles. The van der Waals surface area contributed by atoms with E-state index in [2.05, 4.69) is 51.3 Å². The second-order valence-electron chi connectivity index (χ2n) is 5.00. The van der Waals surface area contributed by atoms with E-state index in [1.54, 1.807) is 0 Å². The molecular weight excluding hydrogens is 288 g/mol. The normalized spacial score (nSPS) is 12.5. The van der Waals surface area contributed by atoms with Crippen LogP contribution in [0.4, 0.5) is 11.9 Å². The van der Waals surface area contributed by atoms with Crippen molar-refractivity contribution in [1.29, 1.82) is 0 Å². The van der Waals surface area contributed by atoms with E-state index in [1.807, 2.05) is 6.92 Å². The van der Waals surface area contributed by atoms with Gasteiger partial charge in [-0.2, -0.15) is 15.0 Å². The lowest BCUT2D eigenvalue weighted by atomic mass is 10.2. The van der Waals surface area contributed by atoms with E-state index in [9.17, 15) is 0 Å². The van der Waals surface area contributed by atoms with Crippen molar-refractivity contribution in [2.24, 2.45) is 0 Å². The van der Waals surface area contributed by atoms with Crippen LogP contribution in [0.2, 0.25) is 5.28 Å². The largest absolute Gasteiger partial charge is 0.354 e. The van der Waals surface area contributed by atoms with Gasteiger partial charge >= 0.3 is 0 Å². The van der Waals surface area contributed by atoms with Crippen molar-refractivity contribution in [3.8, 4) is 0 Å². The molecule has 1 rings (SSSR count). The highest BCUT2D eigenvalue weighted by Crippen LogP contribution is 2.11. The van der Waals surface area contributed by atoms with Gasteiger partial charge in [-0.15, -0.1) is 0 Å². The maximum Gasteiger partial charge on any atom is 0.229 e. The summed E-state index contributed by atoms with van der Waals surface area (Å²) < 4.78 is 0. The summed E-state index contributed by atoms with van der Waals surface area (Å²) in [5.74, 6) is 1.04. The summed E-state index contributed by atoms with van der Waals surface area (Å²) in [5.41, 5.74) is 0. The zero-order valence-electron chi connectivity index (χ0n) is 13.5. The SMILES string of the molecule is CCNc1nc(Cl)nc(NC(C)CCCN(CC)CC)n1. The topological polar surface area (TPSA) is 66.0 Å². The van der Waals surface area contributed by atoms with Gasteiger partial charge in [0.15, 0.2) is 0 Å². The highest BCUT2D eigenvalue weighted by atomic mass is 35.5. The standard InChI is InChI=1S/C14H27ClN6/c1-5-16-13-18-12(15)19-14(20-13)17-11(4)9-8-10-21(6-2)7-3/h11H,5-10H2,1-4H3,(H2,16,17,18,19,20). The monoisotopic (exact) mass is 314 g/mol. The lowest BCUT2D eigenvalue weighted by molar-refractivity contribution is 0.295. The molecule has 7 heteroatoms. The van der Waals surface area contributed by atoms with Crippen molar-refractivity contribution in [2.45, 2.75) is 46.6 Å². The van der Waals surface area contributed by atoms with E-state index in [0.717, 1.165) is 39.0 Å². The van der Waals surface area contributed by atoms with Crippen LogP contribution in [-0.4, -0.2) is 52.1 Å². The number of hydrogen-bond acceptors (Lipinski definition) is 6. The Morgan fingerprint density at radius 1 is 1.10 bits per heavy atom. The van der Waals surface area contributed by atoms with Gasteiger partial charge < -0.3 is 15.5 Å². The fraction of sp³-hybridized carbons (Fsp3) is 0.786. The lowest BCUT2D eigenvalue weighted by Gasteiger charge is -2.19. The minimum Gasteiger partial charge on any atom is -0.354 e. The maximum absolute atomic E-state index is 5.90. The molecule has 1 heterocycles. The third kappa shape index (κ3) is 6.91. The van der Waals surface area contributed by atoms with E-state index in [4.69, 9.17) is 11.6 Å². The minimum atomic E-state index is 0.207. The average molecular weight is 315 g/mol. The average Bonchev–Trinajstić information content (AvgIpc) is 2.43. The van der Waals surface area contributed by atoms with E-state index >= 15 is 0 Å². The Hall–Kier alpha value is -1.14. The third-order valence-electron chi connectivity index (χ3n) is 3.32. The molecule has 0 radical (unpaired) electrons. The van der Waals surface area contributed by atoms with E-state index in [0.29, 0.717) is 17.9 Å². The number of nitrogens with one attached hydrogen (secondary N) is 2. The molecule has 2 N–H and O–H groups in total. The molecule has 1 aromatic heterocycles. The maximum atomic E-state index is 5.90. The Balaban J connectivity index is 2.45. The van der Waals surface area contributed by atoms with Crippen LogP contribution in [0, 0.1) is 0 Å². The number of hydrogen-bond donors (Lipinski definition) is 2. The van der Waals surface area contributed by atoms with E-state index in [-0.39, 0.29) is 5.28 Å². The molecule has 0 amide bonds. The van der Waals surface area contributed by atoms with Crippen molar-refractivity contribution in [3.63, 3.8) is 0 Å². The fourth-order valence-corrected chi connectivity index (χ4v) is 2.27. The van der Waals surface area contributed by atoms with Gasteiger partial charge in [-0.1, -0.05) is 13.8 Å². The van der Waals surface area contributed by atoms with Gasteiger partial charge in [0.1, 0.15) is 0 Å². The predicted molar refractivity (Wildman–Crippen MR) is 89.1 cm³/mol. The molecule has 1 unspecified atom stereocenters. The number of halogens is 1. The smallest absolute Gasteiger partial charge is 0.229 e. The van der Waals surface area contributed by atoms with Crippen LogP contribution in [0.5, 0.6) is 0 Å². The number of aromatic nitrogens is 3. The highest BCUT2D eigenvalue weighted by molar-refractivity contribution is 6.28. The molecular formula is C14H27ClN6. The zero-order valence-corrected chi connectivity index (χ0v) is 14.2. The Morgan fingerprint density at radius 3 is 2.38 bits per heavy atom. The first-order valence-electron chi connectivity index (χ1n) is 7.73. The quantitative estimate of drug-likeness (QED) is 0.692. The third-order valence-corrected chi connectivity index (χ3v) is 3.49. The summed E-state index contributed by atoms with van der Waals surface area (Å²) in [6.07, 6.45) is 2.21. The second-order valence-corrected chi connectivity index (χ2v) is 5.33. The summed E-state index contributed by atoms with van der Waals surface area (Å²) >= 11 is 5.90. The molecule has 0 fully saturated rings. The van der Waals surface area contributed by atoms with Crippen molar-refractivity contribution in [2.75, 3.05) is 36.8 Å². The lowest BCUT2D eigenvalue weighted by Crippen LogP contribution is -2.26. The van der Waals surface area contributed by atoms with Gasteiger partial charge in [0.25, 0.3) is 0 Å². The summed E-state index contributed by atoms with van der Waals surface area (Å²) in [7, 11) is 0. The Labute approximate surface area is 132 Å². The predicted octanol–water partition coefficient (Wildman–Crippen LogP) is 2.88. The van der Waals surface area contributed by atoms with Crippen LogP contribution in [0.1, 0.15) is 40.5 Å². The summed E-state index contributed by atoms with van der Waals surface area (Å²) in [6.45, 7) is 12.6. The van der Waals surface area contributed by atoms with Crippen LogP contribution < -0.4 is 10.6 Å². The molecule has 120 valence electrons. The van der Waals surface area contributed by atoms with Crippen LogP contribution >= 0.6 is 11.6 Å². The van der Waals surface area contributed by atoms with Crippen molar-refractivity contribution < 1.29 is 0 Å². The zero-order chi connectivity index (χ0) is 15.7. The fourth-order valence-electron chi connectivity index (χ4n) is 2.11. The second kappa shape index (κ2) is 9.73. The van der Waals surface area contributed by atoms with E-state index in [1.165, 1.54) is 0 Å². The first-order valence-corrected chi connectivity index (χ1v) is 8.11. The summed E-state index contributed by atoms with van der Waals surface area (Å²) in [5, 5.41) is 6.54. The van der Waals surface area contributed by atoms with Gasteiger partial charge in [-0.05, 0) is 57.9 Å². The molecule has 0 bridgehead atoms. The Morgan fingerprint density at radius 2 is 1.76 bits per heavy atom. The first kappa shape index (κ1) is 17.9. The summed E-state index contributed by atoms with van der Waals surface area (Å²) in [6, 6.07) is 0.300. The molecule has 1 aromatic rings. The molecule has 0 aliphatic heterocycles. The summed E-state index contributed by atoms with van der Waals surface area (Å²) in [4.78, 5) is 14.9. The molecule has 0 spiro atoms. The van der Waals surface area contributed by atoms with Crippen molar-refractivity contribution in [3.05, 3.63) is 5.28 Å². The van der Waals surface area contributed by atoms with Gasteiger partial charge in [0.05, 0.1) is 0 Å². The van der Waals surface area contributed by atoms with Crippen LogP contribution in [0.15, 0.2) is 0 Å². The van der Waals surface area contributed by atoms with E-state index < -0.39 is 0 Å². The molecule has 0 aliphatic rings. The molecule has 1 atom stereocenters. The van der Waals surface area contributed by atoms with Crippen molar-refractivity contribution >= 4 is 23.5 Å². The molecule has 21 heavy (non-hydrogen) atoms. The van der Waals surface area contributed by atoms with Gasteiger partial charge in [0, 0.05) is 12.6 Å². The van der Waals surface area contributed by atoms with Crippen LogP contribution in [0.3, 0.4) is 0 Å². The van der Waals surface area contributed by atoms with Crippen LogP contribution in [-0.2, 0) is 0 Å². The van der Waals surface area contributed by atoms with Gasteiger partial charge in [0.2, 0.25) is 17.2 Å². The van der Waals surface area contributed by atoms with Gasteiger partial charge in [-0.25, -0.2) is 0 Å². The molecule has 6 nitrogen and oxygen atoms in total. The molecule has 0 aliphatic carbocycles. The minimum absolute atomic E-state index is 0.207. The number of nitrogens with zero attached hydrogens (tertiary/aromatic N) is 4. The molecule has 0 saturated heterocycles. The van der Waals surface area contributed by atoms with Crippen molar-refractivity contribution in [1.82, 2.24) is 19.9 Å². The highest BCUT2D eigenvalue weighted by Gasteiger charge is 2.08. The number of rotatable bonds is 10. The number of anilines is 2. The van der Waals surface area contributed by atoms with Gasteiger partial charge in [-0.3, -0.25) is 0 Å². The first-order chi connectivity index (χ1) is 10.1. The Kier molecular flexibility index (Phi) is 8.30.